The van der Waals surface area contributed by atoms with Crippen molar-refractivity contribution < 1.29 is 14.7 Å². The molecule has 0 aromatic heterocycles. The van der Waals surface area contributed by atoms with Crippen LogP contribution in [-0.2, 0) is 4.79 Å². The molecule has 1 aliphatic rings. The molecule has 2 rings (SSSR count). The lowest BCUT2D eigenvalue weighted by Crippen LogP contribution is -2.38. The molecule has 102 valence electrons. The zero-order chi connectivity index (χ0) is 14.0. The van der Waals surface area contributed by atoms with Crippen molar-refractivity contribution in [2.75, 3.05) is 0 Å². The summed E-state index contributed by atoms with van der Waals surface area (Å²) < 4.78 is 0.876. The average Bonchev–Trinajstić information content (AvgIpc) is 3.15. The second-order valence-electron chi connectivity index (χ2n) is 4.98. The van der Waals surface area contributed by atoms with Crippen molar-refractivity contribution in [3.63, 3.8) is 0 Å². The highest BCUT2D eigenvalue weighted by Gasteiger charge is 2.33. The number of hydrogen-bond donors (Lipinski definition) is 2. The molecule has 1 aromatic rings. The minimum atomic E-state index is -0.873. The number of benzene rings is 1. The van der Waals surface area contributed by atoms with Crippen molar-refractivity contribution in [1.82, 2.24) is 5.32 Å². The van der Waals surface area contributed by atoms with Gasteiger partial charge < -0.3 is 10.4 Å². The van der Waals surface area contributed by atoms with E-state index >= 15 is 0 Å². The number of carbonyl (C=O) groups excluding carboxylic acids is 1. The van der Waals surface area contributed by atoms with Crippen LogP contribution in [0.3, 0.4) is 0 Å². The van der Waals surface area contributed by atoms with E-state index in [9.17, 15) is 9.59 Å². The highest BCUT2D eigenvalue weighted by Crippen LogP contribution is 2.34. The van der Waals surface area contributed by atoms with E-state index in [1.54, 1.807) is 12.1 Å². The Morgan fingerprint density at radius 1 is 1.47 bits per heavy atom. The zero-order valence-electron chi connectivity index (χ0n) is 10.6. The molecule has 1 saturated carbocycles. The maximum absolute atomic E-state index is 12.1. The molecule has 0 heterocycles. The van der Waals surface area contributed by atoms with Gasteiger partial charge in [0.2, 0.25) is 0 Å². The van der Waals surface area contributed by atoms with Gasteiger partial charge in [-0.05, 0) is 43.4 Å². The van der Waals surface area contributed by atoms with Crippen molar-refractivity contribution >= 4 is 27.8 Å². The van der Waals surface area contributed by atoms with Gasteiger partial charge in [0, 0.05) is 16.1 Å². The van der Waals surface area contributed by atoms with Gasteiger partial charge >= 0.3 is 5.97 Å². The largest absolute Gasteiger partial charge is 0.481 e. The Hall–Kier alpha value is -1.36. The first kappa shape index (κ1) is 14.1. The molecule has 0 aliphatic heterocycles. The molecule has 19 heavy (non-hydrogen) atoms. The van der Waals surface area contributed by atoms with Gasteiger partial charge in [-0.3, -0.25) is 9.59 Å². The molecule has 1 aromatic carbocycles. The summed E-state index contributed by atoms with van der Waals surface area (Å²) in [4.78, 5) is 22.9. The molecule has 1 fully saturated rings. The van der Waals surface area contributed by atoms with Crippen LogP contribution in [0.2, 0.25) is 0 Å². The number of aliphatic carboxylic acids is 1. The monoisotopic (exact) mass is 325 g/mol. The van der Waals surface area contributed by atoms with Crippen LogP contribution < -0.4 is 5.32 Å². The summed E-state index contributed by atoms with van der Waals surface area (Å²) >= 11 is 3.39. The number of carboxylic acid groups (broad SMARTS) is 1. The molecule has 0 bridgehead atoms. The Morgan fingerprint density at radius 3 is 2.68 bits per heavy atom. The predicted octanol–water partition coefficient (Wildman–Crippen LogP) is 2.74. The Bertz CT molecular complexity index is 511. The van der Waals surface area contributed by atoms with Crippen LogP contribution >= 0.6 is 15.9 Å². The van der Waals surface area contributed by atoms with Crippen molar-refractivity contribution in [3.8, 4) is 0 Å². The van der Waals surface area contributed by atoms with E-state index in [-0.39, 0.29) is 18.4 Å². The number of hydrogen-bond acceptors (Lipinski definition) is 2. The van der Waals surface area contributed by atoms with Gasteiger partial charge in [-0.1, -0.05) is 22.0 Å². The van der Waals surface area contributed by atoms with Gasteiger partial charge in [-0.15, -0.1) is 0 Å². The zero-order valence-corrected chi connectivity index (χ0v) is 12.2. The summed E-state index contributed by atoms with van der Waals surface area (Å²) in [6.45, 7) is 1.95. The fraction of sp³-hybridized carbons (Fsp3) is 0.429. The lowest BCUT2D eigenvalue weighted by Gasteiger charge is -2.16. The third kappa shape index (κ3) is 3.80. The first-order valence-corrected chi connectivity index (χ1v) is 7.05. The Labute approximate surface area is 120 Å². The number of nitrogens with one attached hydrogen (secondary N) is 1. The molecule has 0 spiro atoms. The maximum atomic E-state index is 12.1. The summed E-state index contributed by atoms with van der Waals surface area (Å²) in [5.41, 5.74) is 1.61. The number of carboxylic acids is 1. The standard InChI is InChI=1S/C14H16BrNO3/c1-8-2-3-10(6-11(8)15)14(19)16-12(7-13(17)18)9-4-5-9/h2-3,6,9,12H,4-5,7H2,1H3,(H,16,19)(H,17,18). The lowest BCUT2D eigenvalue weighted by molar-refractivity contribution is -0.137. The Morgan fingerprint density at radius 2 is 2.16 bits per heavy atom. The summed E-state index contributed by atoms with van der Waals surface area (Å²) in [7, 11) is 0. The quantitative estimate of drug-likeness (QED) is 0.874. The maximum Gasteiger partial charge on any atom is 0.305 e. The van der Waals surface area contributed by atoms with Gasteiger partial charge in [0.05, 0.1) is 6.42 Å². The van der Waals surface area contributed by atoms with E-state index in [0.29, 0.717) is 11.5 Å². The molecule has 1 unspecified atom stereocenters. The van der Waals surface area contributed by atoms with Crippen molar-refractivity contribution in [2.45, 2.75) is 32.2 Å². The number of aryl methyl sites for hydroxylation is 1. The predicted molar refractivity (Wildman–Crippen MR) is 75.1 cm³/mol. The number of amides is 1. The number of halogens is 1. The molecule has 4 nitrogen and oxygen atoms in total. The molecule has 1 atom stereocenters. The van der Waals surface area contributed by atoms with Crippen molar-refractivity contribution in [1.29, 1.82) is 0 Å². The minimum absolute atomic E-state index is 0.0105. The first-order valence-electron chi connectivity index (χ1n) is 6.26. The summed E-state index contributed by atoms with van der Waals surface area (Å²) in [6.07, 6.45) is 1.98. The average molecular weight is 326 g/mol. The SMILES string of the molecule is Cc1ccc(C(=O)NC(CC(=O)O)C2CC2)cc1Br. The van der Waals surface area contributed by atoms with E-state index in [0.717, 1.165) is 22.9 Å². The Kier molecular flexibility index (Phi) is 4.24. The van der Waals surface area contributed by atoms with Gasteiger partial charge in [-0.25, -0.2) is 0 Å². The summed E-state index contributed by atoms with van der Waals surface area (Å²) in [6, 6.07) is 5.11. The molecule has 1 amide bonds. The van der Waals surface area contributed by atoms with E-state index in [2.05, 4.69) is 21.2 Å². The Balaban J connectivity index is 2.05. The van der Waals surface area contributed by atoms with Crippen LogP contribution in [0.4, 0.5) is 0 Å². The highest BCUT2D eigenvalue weighted by molar-refractivity contribution is 9.10. The fourth-order valence-electron chi connectivity index (χ4n) is 2.01. The second-order valence-corrected chi connectivity index (χ2v) is 5.83. The third-order valence-electron chi connectivity index (χ3n) is 3.34. The van der Waals surface area contributed by atoms with E-state index in [1.165, 1.54) is 0 Å². The first-order chi connectivity index (χ1) is 8.97. The van der Waals surface area contributed by atoms with Gasteiger partial charge in [0.25, 0.3) is 5.91 Å². The molecule has 1 aliphatic carbocycles. The fourth-order valence-corrected chi connectivity index (χ4v) is 2.39. The van der Waals surface area contributed by atoms with Crippen molar-refractivity contribution in [3.05, 3.63) is 33.8 Å². The third-order valence-corrected chi connectivity index (χ3v) is 4.19. The van der Waals surface area contributed by atoms with Crippen LogP contribution in [0.15, 0.2) is 22.7 Å². The van der Waals surface area contributed by atoms with E-state index < -0.39 is 5.97 Å². The van der Waals surface area contributed by atoms with Gasteiger partial charge in [-0.2, -0.15) is 0 Å². The normalized spacial score (nSPS) is 15.9. The highest BCUT2D eigenvalue weighted by atomic mass is 79.9. The number of rotatable bonds is 5. The minimum Gasteiger partial charge on any atom is -0.481 e. The van der Waals surface area contributed by atoms with Gasteiger partial charge in [0.15, 0.2) is 0 Å². The second kappa shape index (κ2) is 5.74. The molecule has 0 saturated heterocycles. The van der Waals surface area contributed by atoms with E-state index in [4.69, 9.17) is 5.11 Å². The van der Waals surface area contributed by atoms with Crippen molar-refractivity contribution in [2.24, 2.45) is 5.92 Å². The molecular formula is C14H16BrNO3. The van der Waals surface area contributed by atoms with Crippen LogP contribution in [0.1, 0.15) is 35.2 Å². The molecule has 5 heteroatoms. The summed E-state index contributed by atoms with van der Waals surface area (Å²) in [5, 5.41) is 11.7. The summed E-state index contributed by atoms with van der Waals surface area (Å²) in [5.74, 6) is -0.768. The molecule has 2 N–H and O–H groups in total. The lowest BCUT2D eigenvalue weighted by atomic mass is 10.1. The van der Waals surface area contributed by atoms with Crippen LogP contribution in [-0.4, -0.2) is 23.0 Å². The van der Waals surface area contributed by atoms with E-state index in [1.807, 2.05) is 13.0 Å². The number of carbonyl (C=O) groups is 2. The van der Waals surface area contributed by atoms with Crippen LogP contribution in [0.25, 0.3) is 0 Å². The smallest absolute Gasteiger partial charge is 0.305 e. The topological polar surface area (TPSA) is 66.4 Å². The van der Waals surface area contributed by atoms with Gasteiger partial charge in [0.1, 0.15) is 0 Å². The molecular weight excluding hydrogens is 310 g/mol. The van der Waals surface area contributed by atoms with Crippen LogP contribution in [0, 0.1) is 12.8 Å². The van der Waals surface area contributed by atoms with Crippen LogP contribution in [0.5, 0.6) is 0 Å². The molecule has 0 radical (unpaired) electrons.